The number of aryl methyl sites for hydroxylation is 1. The van der Waals surface area contributed by atoms with E-state index >= 15 is 0 Å². The number of rotatable bonds is 3. The number of hydrogen-bond donors (Lipinski definition) is 0. The third-order valence-corrected chi connectivity index (χ3v) is 3.98. The summed E-state index contributed by atoms with van der Waals surface area (Å²) >= 11 is 6.11. The summed E-state index contributed by atoms with van der Waals surface area (Å²) < 4.78 is 6.51. The first-order valence-electron chi connectivity index (χ1n) is 7.10. The highest BCUT2D eigenvalue weighted by molar-refractivity contribution is 6.31. The standard InChI is InChI=1S/C18H15ClN2O2/c1-12-10-13(8-9-15(12)19)17-11-16(18(22)23-2)20-21(17)14-6-4-3-5-7-14/h3-11H,1-2H3. The lowest BCUT2D eigenvalue weighted by Gasteiger charge is -2.08. The molecule has 0 radical (unpaired) electrons. The fourth-order valence-electron chi connectivity index (χ4n) is 2.36. The zero-order chi connectivity index (χ0) is 16.4. The number of hydrogen-bond acceptors (Lipinski definition) is 3. The fourth-order valence-corrected chi connectivity index (χ4v) is 2.48. The Morgan fingerprint density at radius 1 is 1.13 bits per heavy atom. The normalized spacial score (nSPS) is 10.6. The zero-order valence-corrected chi connectivity index (χ0v) is 13.5. The molecule has 3 aromatic rings. The van der Waals surface area contributed by atoms with E-state index in [1.54, 1.807) is 10.7 Å². The molecular formula is C18H15ClN2O2. The summed E-state index contributed by atoms with van der Waals surface area (Å²) in [6, 6.07) is 17.1. The Balaban J connectivity index is 2.19. The van der Waals surface area contributed by atoms with Crippen molar-refractivity contribution < 1.29 is 9.53 Å². The number of esters is 1. The highest BCUT2D eigenvalue weighted by Crippen LogP contribution is 2.27. The van der Waals surface area contributed by atoms with Crippen molar-refractivity contribution in [2.45, 2.75) is 6.92 Å². The van der Waals surface area contributed by atoms with E-state index in [4.69, 9.17) is 16.3 Å². The average molecular weight is 327 g/mol. The first-order valence-corrected chi connectivity index (χ1v) is 7.48. The van der Waals surface area contributed by atoms with E-state index in [1.807, 2.05) is 55.5 Å². The Kier molecular flexibility index (Phi) is 4.17. The van der Waals surface area contributed by atoms with Gasteiger partial charge in [0.1, 0.15) is 0 Å². The van der Waals surface area contributed by atoms with Gasteiger partial charge in [-0.05, 0) is 42.8 Å². The predicted octanol–water partition coefficient (Wildman–Crippen LogP) is 4.29. The minimum Gasteiger partial charge on any atom is -0.464 e. The van der Waals surface area contributed by atoms with Crippen LogP contribution in [0.3, 0.4) is 0 Å². The van der Waals surface area contributed by atoms with Crippen molar-refractivity contribution in [2.24, 2.45) is 0 Å². The van der Waals surface area contributed by atoms with Crippen LogP contribution in [0.2, 0.25) is 5.02 Å². The maximum absolute atomic E-state index is 11.8. The van der Waals surface area contributed by atoms with Crippen LogP contribution in [0, 0.1) is 6.92 Å². The first-order chi connectivity index (χ1) is 11.1. The van der Waals surface area contributed by atoms with Gasteiger partial charge >= 0.3 is 5.97 Å². The summed E-state index contributed by atoms with van der Waals surface area (Å²) in [7, 11) is 1.34. The van der Waals surface area contributed by atoms with Gasteiger partial charge in [0.2, 0.25) is 0 Å². The topological polar surface area (TPSA) is 44.1 Å². The van der Waals surface area contributed by atoms with E-state index in [9.17, 15) is 4.79 Å². The molecule has 0 aliphatic carbocycles. The Hall–Kier alpha value is -2.59. The van der Waals surface area contributed by atoms with E-state index < -0.39 is 5.97 Å². The van der Waals surface area contributed by atoms with Gasteiger partial charge in [-0.1, -0.05) is 35.9 Å². The fraction of sp³-hybridized carbons (Fsp3) is 0.111. The van der Waals surface area contributed by atoms with E-state index in [0.29, 0.717) is 5.02 Å². The summed E-state index contributed by atoms with van der Waals surface area (Å²) in [5.74, 6) is -0.466. The third kappa shape index (κ3) is 2.98. The van der Waals surface area contributed by atoms with Crippen LogP contribution in [0.1, 0.15) is 16.1 Å². The molecule has 0 atom stereocenters. The molecule has 0 amide bonds. The number of halogens is 1. The molecule has 0 saturated carbocycles. The largest absolute Gasteiger partial charge is 0.464 e. The van der Waals surface area contributed by atoms with Crippen LogP contribution in [-0.4, -0.2) is 22.9 Å². The number of para-hydroxylation sites is 1. The van der Waals surface area contributed by atoms with E-state index in [1.165, 1.54) is 7.11 Å². The number of benzene rings is 2. The number of carbonyl (C=O) groups is 1. The molecule has 0 unspecified atom stereocenters. The van der Waals surface area contributed by atoms with Gasteiger partial charge in [-0.15, -0.1) is 0 Å². The Labute approximate surface area is 139 Å². The smallest absolute Gasteiger partial charge is 0.358 e. The van der Waals surface area contributed by atoms with Gasteiger partial charge in [-0.2, -0.15) is 5.10 Å². The van der Waals surface area contributed by atoms with Crippen LogP contribution >= 0.6 is 11.6 Å². The van der Waals surface area contributed by atoms with Crippen LogP contribution in [-0.2, 0) is 4.74 Å². The maximum atomic E-state index is 11.8. The molecule has 0 spiro atoms. The average Bonchev–Trinajstić information content (AvgIpc) is 3.03. The lowest BCUT2D eigenvalue weighted by Crippen LogP contribution is -2.04. The van der Waals surface area contributed by atoms with E-state index in [2.05, 4.69) is 5.10 Å². The first kappa shape index (κ1) is 15.3. The molecule has 1 aromatic heterocycles. The minimum atomic E-state index is -0.466. The molecule has 0 aliphatic heterocycles. The van der Waals surface area contributed by atoms with Gasteiger partial charge in [0.15, 0.2) is 5.69 Å². The molecule has 4 nitrogen and oxygen atoms in total. The summed E-state index contributed by atoms with van der Waals surface area (Å²) in [6.45, 7) is 1.94. The van der Waals surface area contributed by atoms with Crippen molar-refractivity contribution in [3.63, 3.8) is 0 Å². The monoisotopic (exact) mass is 326 g/mol. The number of nitrogens with zero attached hydrogens (tertiary/aromatic N) is 2. The Bertz CT molecular complexity index is 857. The minimum absolute atomic E-state index is 0.263. The molecule has 1 heterocycles. The van der Waals surface area contributed by atoms with Crippen molar-refractivity contribution >= 4 is 17.6 Å². The van der Waals surface area contributed by atoms with Crippen molar-refractivity contribution in [1.82, 2.24) is 9.78 Å². The second-order valence-corrected chi connectivity index (χ2v) is 5.52. The Morgan fingerprint density at radius 3 is 2.52 bits per heavy atom. The molecule has 116 valence electrons. The van der Waals surface area contributed by atoms with Crippen LogP contribution in [0.5, 0.6) is 0 Å². The molecule has 0 fully saturated rings. The second-order valence-electron chi connectivity index (χ2n) is 5.12. The number of ether oxygens (including phenoxy) is 1. The van der Waals surface area contributed by atoms with Gasteiger partial charge in [0.25, 0.3) is 0 Å². The van der Waals surface area contributed by atoms with Crippen LogP contribution in [0.15, 0.2) is 54.6 Å². The van der Waals surface area contributed by atoms with E-state index in [0.717, 1.165) is 22.5 Å². The van der Waals surface area contributed by atoms with Gasteiger partial charge < -0.3 is 4.74 Å². The van der Waals surface area contributed by atoms with Crippen LogP contribution in [0.25, 0.3) is 16.9 Å². The quantitative estimate of drug-likeness (QED) is 0.674. The summed E-state index contributed by atoms with van der Waals surface area (Å²) in [6.07, 6.45) is 0. The maximum Gasteiger partial charge on any atom is 0.358 e. The van der Waals surface area contributed by atoms with Gasteiger partial charge in [-0.3, -0.25) is 0 Å². The van der Waals surface area contributed by atoms with Crippen molar-refractivity contribution in [3.05, 3.63) is 70.9 Å². The second kappa shape index (κ2) is 6.26. The number of methoxy groups -OCH3 is 1. The van der Waals surface area contributed by atoms with Crippen LogP contribution < -0.4 is 0 Å². The summed E-state index contributed by atoms with van der Waals surface area (Å²) in [5.41, 5.74) is 3.82. The molecular weight excluding hydrogens is 312 g/mol. The predicted molar refractivity (Wildman–Crippen MR) is 90.1 cm³/mol. The lowest BCUT2D eigenvalue weighted by molar-refractivity contribution is 0.0593. The summed E-state index contributed by atoms with van der Waals surface area (Å²) in [4.78, 5) is 11.8. The molecule has 0 bridgehead atoms. The van der Waals surface area contributed by atoms with Crippen molar-refractivity contribution in [3.8, 4) is 16.9 Å². The van der Waals surface area contributed by atoms with Gasteiger partial charge in [0.05, 0.1) is 18.5 Å². The lowest BCUT2D eigenvalue weighted by atomic mass is 10.1. The summed E-state index contributed by atoms with van der Waals surface area (Å²) in [5, 5.41) is 5.09. The molecule has 5 heteroatoms. The molecule has 3 rings (SSSR count). The van der Waals surface area contributed by atoms with Gasteiger partial charge in [0, 0.05) is 10.6 Å². The zero-order valence-electron chi connectivity index (χ0n) is 12.8. The third-order valence-electron chi connectivity index (χ3n) is 3.56. The molecule has 0 saturated heterocycles. The van der Waals surface area contributed by atoms with E-state index in [-0.39, 0.29) is 5.69 Å². The highest BCUT2D eigenvalue weighted by atomic mass is 35.5. The molecule has 23 heavy (non-hydrogen) atoms. The number of carbonyl (C=O) groups excluding carboxylic acids is 1. The molecule has 0 N–H and O–H groups in total. The number of aromatic nitrogens is 2. The van der Waals surface area contributed by atoms with Crippen LogP contribution in [0.4, 0.5) is 0 Å². The SMILES string of the molecule is COC(=O)c1cc(-c2ccc(Cl)c(C)c2)n(-c2ccccc2)n1. The molecule has 2 aromatic carbocycles. The van der Waals surface area contributed by atoms with Crippen molar-refractivity contribution in [2.75, 3.05) is 7.11 Å². The molecule has 0 aliphatic rings. The van der Waals surface area contributed by atoms with Crippen molar-refractivity contribution in [1.29, 1.82) is 0 Å². The Morgan fingerprint density at radius 2 is 1.87 bits per heavy atom. The van der Waals surface area contributed by atoms with Gasteiger partial charge in [-0.25, -0.2) is 9.48 Å². The highest BCUT2D eigenvalue weighted by Gasteiger charge is 2.17.